The molecule has 2 aliphatic rings. The molecule has 1 aliphatic carbocycles. The van der Waals surface area contributed by atoms with Crippen molar-refractivity contribution in [2.75, 3.05) is 31.2 Å². The van der Waals surface area contributed by atoms with Gasteiger partial charge in [0, 0.05) is 38.2 Å². The van der Waals surface area contributed by atoms with E-state index in [0.717, 1.165) is 43.0 Å². The summed E-state index contributed by atoms with van der Waals surface area (Å²) in [5, 5.41) is 3.24. The van der Waals surface area contributed by atoms with Gasteiger partial charge < -0.3 is 19.5 Å². The number of hydrogen-bond acceptors (Lipinski definition) is 4. The number of carbonyl (C=O) groups excluding carboxylic acids is 1. The van der Waals surface area contributed by atoms with Crippen LogP contribution in [0.5, 0.6) is 0 Å². The Balaban J connectivity index is 1.57. The third-order valence-corrected chi connectivity index (χ3v) is 5.02. The number of imidazole rings is 1. The molecule has 0 bridgehead atoms. The van der Waals surface area contributed by atoms with E-state index in [-0.39, 0.29) is 11.9 Å². The van der Waals surface area contributed by atoms with Crippen LogP contribution in [0.1, 0.15) is 35.1 Å². The van der Waals surface area contributed by atoms with Crippen LogP contribution < -0.4 is 10.2 Å². The molecule has 1 aliphatic heterocycles. The van der Waals surface area contributed by atoms with Crippen LogP contribution in [0.3, 0.4) is 0 Å². The van der Waals surface area contributed by atoms with Crippen LogP contribution in [0.2, 0.25) is 0 Å². The van der Waals surface area contributed by atoms with Crippen LogP contribution in [0.15, 0.2) is 36.7 Å². The predicted octanol–water partition coefficient (Wildman–Crippen LogP) is 2.14. The second-order valence-corrected chi connectivity index (χ2v) is 6.80. The van der Waals surface area contributed by atoms with E-state index in [2.05, 4.69) is 15.2 Å². The first-order valence-corrected chi connectivity index (χ1v) is 8.94. The molecule has 1 saturated heterocycles. The van der Waals surface area contributed by atoms with Gasteiger partial charge in [0.1, 0.15) is 5.82 Å². The predicted molar refractivity (Wildman–Crippen MR) is 95.6 cm³/mol. The number of morpholine rings is 1. The summed E-state index contributed by atoms with van der Waals surface area (Å²) in [6.07, 6.45) is 6.00. The molecular formula is C19H24N4O2. The van der Waals surface area contributed by atoms with Gasteiger partial charge in [-0.2, -0.15) is 0 Å². The molecule has 6 nitrogen and oxygen atoms in total. The maximum absolute atomic E-state index is 13.1. The Morgan fingerprint density at radius 1 is 1.28 bits per heavy atom. The molecule has 1 N–H and O–H groups in total. The summed E-state index contributed by atoms with van der Waals surface area (Å²) in [5.41, 5.74) is 1.71. The van der Waals surface area contributed by atoms with Crippen molar-refractivity contribution in [2.45, 2.75) is 18.9 Å². The minimum Gasteiger partial charge on any atom is -0.378 e. The van der Waals surface area contributed by atoms with Crippen LogP contribution in [0.4, 0.5) is 5.69 Å². The van der Waals surface area contributed by atoms with Crippen LogP contribution in [0.25, 0.3) is 0 Å². The second-order valence-electron chi connectivity index (χ2n) is 6.80. The van der Waals surface area contributed by atoms with Gasteiger partial charge in [0.25, 0.3) is 5.91 Å². The fourth-order valence-corrected chi connectivity index (χ4v) is 3.46. The van der Waals surface area contributed by atoms with E-state index in [1.807, 2.05) is 42.1 Å². The van der Waals surface area contributed by atoms with Crippen molar-refractivity contribution in [3.05, 3.63) is 48.0 Å². The molecule has 0 unspecified atom stereocenters. The number of hydrogen-bond donors (Lipinski definition) is 1. The fourth-order valence-electron chi connectivity index (χ4n) is 3.46. The van der Waals surface area contributed by atoms with Gasteiger partial charge in [-0.25, -0.2) is 4.98 Å². The Bertz CT molecular complexity index is 747. The SMILES string of the molecule is Cn1ccnc1[C@H](NC(=O)c1ccccc1N1CCOCC1)C1CC1. The van der Waals surface area contributed by atoms with Gasteiger partial charge >= 0.3 is 0 Å². The van der Waals surface area contributed by atoms with E-state index in [1.165, 1.54) is 0 Å². The van der Waals surface area contributed by atoms with Crippen LogP contribution in [-0.4, -0.2) is 41.8 Å². The van der Waals surface area contributed by atoms with Crippen molar-refractivity contribution >= 4 is 11.6 Å². The van der Waals surface area contributed by atoms with E-state index in [0.29, 0.717) is 19.1 Å². The lowest BCUT2D eigenvalue weighted by molar-refractivity contribution is 0.0927. The van der Waals surface area contributed by atoms with Gasteiger partial charge in [0.2, 0.25) is 0 Å². The van der Waals surface area contributed by atoms with Crippen molar-refractivity contribution in [3.8, 4) is 0 Å². The number of aryl methyl sites for hydroxylation is 1. The molecule has 4 rings (SSSR count). The van der Waals surface area contributed by atoms with Crippen molar-refractivity contribution < 1.29 is 9.53 Å². The minimum atomic E-state index is -0.0259. The Kier molecular flexibility index (Phi) is 4.44. The van der Waals surface area contributed by atoms with Gasteiger partial charge in [0.05, 0.1) is 24.8 Å². The standard InChI is InChI=1S/C19H24N4O2/c1-22-9-8-20-18(22)17(14-6-7-14)21-19(24)15-4-2-3-5-16(15)23-10-12-25-13-11-23/h2-5,8-9,14,17H,6-7,10-13H2,1H3,(H,21,24)/t17-/m1/s1. The number of benzene rings is 1. The maximum atomic E-state index is 13.1. The average Bonchev–Trinajstić information content (AvgIpc) is 3.41. The number of nitrogens with zero attached hydrogens (tertiary/aromatic N) is 3. The van der Waals surface area contributed by atoms with Gasteiger partial charge in [-0.05, 0) is 30.9 Å². The Labute approximate surface area is 147 Å². The van der Waals surface area contributed by atoms with E-state index in [1.54, 1.807) is 6.20 Å². The molecule has 1 aromatic heterocycles. The quantitative estimate of drug-likeness (QED) is 0.906. The van der Waals surface area contributed by atoms with E-state index >= 15 is 0 Å². The topological polar surface area (TPSA) is 59.4 Å². The first-order chi connectivity index (χ1) is 12.2. The average molecular weight is 340 g/mol. The van der Waals surface area contributed by atoms with Crippen molar-refractivity contribution in [1.29, 1.82) is 0 Å². The monoisotopic (exact) mass is 340 g/mol. The second kappa shape index (κ2) is 6.88. The lowest BCUT2D eigenvalue weighted by Crippen LogP contribution is -2.38. The lowest BCUT2D eigenvalue weighted by atomic mass is 10.1. The summed E-state index contributed by atoms with van der Waals surface area (Å²) in [7, 11) is 1.98. The van der Waals surface area contributed by atoms with Crippen molar-refractivity contribution in [2.24, 2.45) is 13.0 Å². The van der Waals surface area contributed by atoms with E-state index in [4.69, 9.17) is 4.74 Å². The highest BCUT2D eigenvalue weighted by Gasteiger charge is 2.36. The maximum Gasteiger partial charge on any atom is 0.253 e. The Hall–Kier alpha value is -2.34. The Morgan fingerprint density at radius 2 is 2.04 bits per heavy atom. The number of nitrogens with one attached hydrogen (secondary N) is 1. The molecule has 1 amide bonds. The normalized spacial score (nSPS) is 18.8. The summed E-state index contributed by atoms with van der Waals surface area (Å²) >= 11 is 0. The zero-order valence-electron chi connectivity index (χ0n) is 14.5. The van der Waals surface area contributed by atoms with Gasteiger partial charge in [-0.3, -0.25) is 4.79 Å². The number of anilines is 1. The van der Waals surface area contributed by atoms with Crippen LogP contribution in [-0.2, 0) is 11.8 Å². The van der Waals surface area contributed by atoms with Gasteiger partial charge in [-0.15, -0.1) is 0 Å². The summed E-state index contributed by atoms with van der Waals surface area (Å²) in [4.78, 5) is 19.7. The summed E-state index contributed by atoms with van der Waals surface area (Å²) in [6, 6.07) is 7.81. The molecule has 1 aromatic carbocycles. The first-order valence-electron chi connectivity index (χ1n) is 8.94. The van der Waals surface area contributed by atoms with E-state index in [9.17, 15) is 4.79 Å². The highest BCUT2D eigenvalue weighted by atomic mass is 16.5. The van der Waals surface area contributed by atoms with Gasteiger partial charge in [0.15, 0.2) is 0 Å². The molecule has 6 heteroatoms. The van der Waals surface area contributed by atoms with Crippen molar-refractivity contribution in [1.82, 2.24) is 14.9 Å². The molecule has 1 saturated carbocycles. The zero-order valence-corrected chi connectivity index (χ0v) is 14.5. The Morgan fingerprint density at radius 3 is 2.72 bits per heavy atom. The van der Waals surface area contributed by atoms with Gasteiger partial charge in [-0.1, -0.05) is 12.1 Å². The smallest absolute Gasteiger partial charge is 0.253 e. The number of amides is 1. The van der Waals surface area contributed by atoms with Crippen LogP contribution >= 0.6 is 0 Å². The molecule has 2 aromatic rings. The highest BCUT2D eigenvalue weighted by Crippen LogP contribution is 2.40. The summed E-state index contributed by atoms with van der Waals surface area (Å²) in [5.74, 6) is 1.39. The molecule has 0 spiro atoms. The number of aromatic nitrogens is 2. The van der Waals surface area contributed by atoms with Crippen molar-refractivity contribution in [3.63, 3.8) is 0 Å². The lowest BCUT2D eigenvalue weighted by Gasteiger charge is -2.30. The minimum absolute atomic E-state index is 0.0229. The molecule has 1 atom stereocenters. The van der Waals surface area contributed by atoms with Crippen LogP contribution in [0, 0.1) is 5.92 Å². The molecule has 2 heterocycles. The third kappa shape index (κ3) is 3.39. The zero-order chi connectivity index (χ0) is 17.2. The fraction of sp³-hybridized carbons (Fsp3) is 0.474. The van der Waals surface area contributed by atoms with E-state index < -0.39 is 0 Å². The number of rotatable bonds is 5. The molecule has 132 valence electrons. The molecular weight excluding hydrogens is 316 g/mol. The largest absolute Gasteiger partial charge is 0.378 e. The first kappa shape index (κ1) is 16.1. The molecule has 25 heavy (non-hydrogen) atoms. The number of para-hydroxylation sites is 1. The molecule has 0 radical (unpaired) electrons. The third-order valence-electron chi connectivity index (χ3n) is 5.02. The highest BCUT2D eigenvalue weighted by molar-refractivity contribution is 6.00. The number of carbonyl (C=O) groups is 1. The molecule has 2 fully saturated rings. The number of ether oxygens (including phenoxy) is 1. The summed E-state index contributed by atoms with van der Waals surface area (Å²) in [6.45, 7) is 3.03. The summed E-state index contributed by atoms with van der Waals surface area (Å²) < 4.78 is 7.43.